The van der Waals surface area contributed by atoms with Crippen molar-refractivity contribution in [1.82, 2.24) is 5.32 Å². The second kappa shape index (κ2) is 7.84. The van der Waals surface area contributed by atoms with Gasteiger partial charge in [0.05, 0.1) is 0 Å². The quantitative estimate of drug-likeness (QED) is 0.845. The number of benzene rings is 1. The molecule has 0 spiro atoms. The Hall–Kier alpha value is -0.260. The minimum atomic E-state index is -0.371. The smallest absolute Gasteiger partial charge is 0.128 e. The minimum Gasteiger partial charge on any atom is -0.309 e. The van der Waals surface area contributed by atoms with Crippen molar-refractivity contribution >= 4 is 23.5 Å². The van der Waals surface area contributed by atoms with Gasteiger partial charge in [-0.25, -0.2) is 8.78 Å². The first kappa shape index (κ1) is 17.1. The molecule has 0 aromatic heterocycles. The molecule has 0 saturated carbocycles. The zero-order valence-electron chi connectivity index (χ0n) is 12.7. The van der Waals surface area contributed by atoms with Gasteiger partial charge in [-0.2, -0.15) is 23.5 Å². The maximum absolute atomic E-state index is 14.2. The number of hydrogen-bond acceptors (Lipinski definition) is 3. The van der Waals surface area contributed by atoms with Crippen molar-refractivity contribution in [3.63, 3.8) is 0 Å². The van der Waals surface area contributed by atoms with E-state index >= 15 is 0 Å². The van der Waals surface area contributed by atoms with E-state index in [0.717, 1.165) is 18.7 Å². The highest BCUT2D eigenvalue weighted by Crippen LogP contribution is 2.41. The van der Waals surface area contributed by atoms with Crippen LogP contribution in [0.5, 0.6) is 0 Å². The summed E-state index contributed by atoms with van der Waals surface area (Å²) >= 11 is 3.81. The van der Waals surface area contributed by atoms with Crippen LogP contribution < -0.4 is 5.32 Å². The van der Waals surface area contributed by atoms with Crippen LogP contribution >= 0.6 is 23.5 Å². The van der Waals surface area contributed by atoms with Crippen molar-refractivity contribution in [2.45, 2.75) is 49.0 Å². The van der Waals surface area contributed by atoms with Crippen LogP contribution in [0.2, 0.25) is 0 Å². The second-order valence-electron chi connectivity index (χ2n) is 5.52. The van der Waals surface area contributed by atoms with E-state index in [1.807, 2.05) is 23.5 Å². The summed E-state index contributed by atoms with van der Waals surface area (Å²) < 4.78 is 27.7. The SMILES string of the molecule is CCCNC(c1cc(F)ccc1F)C1CSC(C)C(C)S1. The lowest BCUT2D eigenvalue weighted by molar-refractivity contribution is 0.490. The van der Waals surface area contributed by atoms with E-state index in [-0.39, 0.29) is 22.9 Å². The highest BCUT2D eigenvalue weighted by atomic mass is 32.2. The fourth-order valence-corrected chi connectivity index (χ4v) is 5.58. The van der Waals surface area contributed by atoms with Gasteiger partial charge in [0.25, 0.3) is 0 Å². The number of hydrogen-bond donors (Lipinski definition) is 1. The van der Waals surface area contributed by atoms with Crippen molar-refractivity contribution in [1.29, 1.82) is 0 Å². The average Bonchev–Trinajstić information content (AvgIpc) is 2.46. The van der Waals surface area contributed by atoms with Gasteiger partial charge in [0.1, 0.15) is 11.6 Å². The zero-order valence-corrected chi connectivity index (χ0v) is 14.4. The van der Waals surface area contributed by atoms with E-state index in [1.54, 1.807) is 0 Å². The molecule has 1 aliphatic rings. The highest BCUT2D eigenvalue weighted by Gasteiger charge is 2.33. The molecule has 118 valence electrons. The van der Waals surface area contributed by atoms with Crippen molar-refractivity contribution in [2.75, 3.05) is 12.3 Å². The van der Waals surface area contributed by atoms with Gasteiger partial charge in [-0.05, 0) is 31.2 Å². The van der Waals surface area contributed by atoms with Crippen molar-refractivity contribution in [2.24, 2.45) is 0 Å². The Bertz CT molecular complexity index is 470. The van der Waals surface area contributed by atoms with Crippen molar-refractivity contribution in [3.05, 3.63) is 35.4 Å². The Labute approximate surface area is 134 Å². The predicted molar refractivity (Wildman–Crippen MR) is 90.2 cm³/mol. The fourth-order valence-electron chi connectivity index (χ4n) is 2.48. The molecule has 4 unspecified atom stereocenters. The molecule has 1 aromatic carbocycles. The summed E-state index contributed by atoms with van der Waals surface area (Å²) in [5.41, 5.74) is 0.461. The molecule has 0 amide bonds. The lowest BCUT2D eigenvalue weighted by atomic mass is 10.0. The molecule has 0 radical (unpaired) electrons. The van der Waals surface area contributed by atoms with Crippen LogP contribution in [0, 0.1) is 11.6 Å². The Morgan fingerprint density at radius 3 is 2.71 bits per heavy atom. The molecule has 1 saturated heterocycles. The van der Waals surface area contributed by atoms with Crippen LogP contribution in [0.25, 0.3) is 0 Å². The monoisotopic (exact) mass is 331 g/mol. The van der Waals surface area contributed by atoms with Gasteiger partial charge in [0.2, 0.25) is 0 Å². The first-order chi connectivity index (χ1) is 10.0. The van der Waals surface area contributed by atoms with Crippen molar-refractivity contribution < 1.29 is 8.78 Å². The Kier molecular flexibility index (Phi) is 6.38. The maximum atomic E-state index is 14.2. The fraction of sp³-hybridized carbons (Fsp3) is 0.625. The van der Waals surface area contributed by atoms with Gasteiger partial charge in [-0.3, -0.25) is 0 Å². The van der Waals surface area contributed by atoms with E-state index in [0.29, 0.717) is 16.1 Å². The molecule has 1 fully saturated rings. The summed E-state index contributed by atoms with van der Waals surface area (Å²) in [6.45, 7) is 7.34. The lowest BCUT2D eigenvalue weighted by Gasteiger charge is -2.36. The van der Waals surface area contributed by atoms with E-state index in [9.17, 15) is 8.78 Å². The average molecular weight is 331 g/mol. The van der Waals surface area contributed by atoms with Crippen LogP contribution in [0.4, 0.5) is 8.78 Å². The first-order valence-corrected chi connectivity index (χ1v) is 9.47. The Morgan fingerprint density at radius 1 is 1.29 bits per heavy atom. The van der Waals surface area contributed by atoms with Gasteiger partial charge >= 0.3 is 0 Å². The van der Waals surface area contributed by atoms with Crippen LogP contribution in [0.15, 0.2) is 18.2 Å². The summed E-state index contributed by atoms with van der Waals surface area (Å²) in [7, 11) is 0. The van der Waals surface area contributed by atoms with Crippen LogP contribution in [0.3, 0.4) is 0 Å². The topological polar surface area (TPSA) is 12.0 Å². The number of nitrogens with one attached hydrogen (secondary N) is 1. The molecule has 2 rings (SSSR count). The third-order valence-corrected chi connectivity index (χ3v) is 7.35. The van der Waals surface area contributed by atoms with E-state index < -0.39 is 0 Å². The molecule has 1 aliphatic heterocycles. The summed E-state index contributed by atoms with van der Waals surface area (Å²) in [5, 5.41) is 4.82. The normalized spacial score (nSPS) is 27.6. The maximum Gasteiger partial charge on any atom is 0.128 e. The second-order valence-corrected chi connectivity index (χ2v) is 8.55. The molecule has 4 atom stereocenters. The van der Waals surface area contributed by atoms with Crippen LogP contribution in [-0.2, 0) is 0 Å². The minimum absolute atomic E-state index is 0.131. The van der Waals surface area contributed by atoms with Gasteiger partial charge < -0.3 is 5.32 Å². The predicted octanol–water partition coefficient (Wildman–Crippen LogP) is 4.63. The van der Waals surface area contributed by atoms with E-state index in [4.69, 9.17) is 0 Å². The Morgan fingerprint density at radius 2 is 2.05 bits per heavy atom. The van der Waals surface area contributed by atoms with Crippen molar-refractivity contribution in [3.8, 4) is 0 Å². The van der Waals surface area contributed by atoms with E-state index in [1.165, 1.54) is 18.2 Å². The number of rotatable bonds is 5. The first-order valence-electron chi connectivity index (χ1n) is 7.48. The molecule has 1 nitrogen and oxygen atoms in total. The largest absolute Gasteiger partial charge is 0.309 e. The highest BCUT2D eigenvalue weighted by molar-refractivity contribution is 8.07. The Balaban J connectivity index is 2.23. The molecule has 1 N–H and O–H groups in total. The molecule has 0 aliphatic carbocycles. The number of halogens is 2. The molecular formula is C16H23F2NS2. The van der Waals surface area contributed by atoms with Crippen LogP contribution in [0.1, 0.15) is 38.8 Å². The molecule has 0 bridgehead atoms. The summed E-state index contributed by atoms with van der Waals surface area (Å²) in [5.74, 6) is 0.277. The van der Waals surface area contributed by atoms with Gasteiger partial charge in [-0.1, -0.05) is 20.8 Å². The zero-order chi connectivity index (χ0) is 15.4. The van der Waals surface area contributed by atoms with E-state index in [2.05, 4.69) is 26.1 Å². The van der Waals surface area contributed by atoms with Gasteiger partial charge in [-0.15, -0.1) is 0 Å². The summed E-state index contributed by atoms with van der Waals surface area (Å²) in [4.78, 5) is 0. The van der Waals surface area contributed by atoms with Crippen LogP contribution in [-0.4, -0.2) is 28.0 Å². The molecule has 1 heterocycles. The van der Waals surface area contributed by atoms with Gasteiger partial charge in [0, 0.05) is 33.1 Å². The standard InChI is InChI=1S/C16H23F2NS2/c1-4-7-19-16(13-8-12(17)5-6-14(13)18)15-9-20-10(2)11(3)21-15/h5-6,8,10-11,15-16,19H,4,7,9H2,1-3H3. The molecule has 5 heteroatoms. The summed E-state index contributed by atoms with van der Waals surface area (Å²) in [6, 6.07) is 3.63. The molecular weight excluding hydrogens is 308 g/mol. The van der Waals surface area contributed by atoms with Gasteiger partial charge in [0.15, 0.2) is 0 Å². The summed E-state index contributed by atoms with van der Waals surface area (Å²) in [6.07, 6.45) is 0.976. The molecule has 21 heavy (non-hydrogen) atoms. The lowest BCUT2D eigenvalue weighted by Crippen LogP contribution is -2.38. The number of thioether (sulfide) groups is 2. The third-order valence-electron chi connectivity index (χ3n) is 3.85. The molecule has 1 aromatic rings. The third kappa shape index (κ3) is 4.36.